The van der Waals surface area contributed by atoms with E-state index in [1.165, 1.54) is 12.1 Å². The monoisotopic (exact) mass is 265 g/mol. The fourth-order valence-corrected chi connectivity index (χ4v) is 2.75. The zero-order valence-electron chi connectivity index (χ0n) is 11.2. The third kappa shape index (κ3) is 3.32. The highest BCUT2D eigenvalue weighted by Crippen LogP contribution is 2.30. The zero-order chi connectivity index (χ0) is 13.8. The number of nitrogens with one attached hydrogen (secondary N) is 1. The van der Waals surface area contributed by atoms with Crippen molar-refractivity contribution in [1.29, 1.82) is 0 Å². The SMILES string of the molecule is CCC[C@@H](N[C@@H]1CCCc2ccc(F)cc21)C(=O)O. The molecule has 0 saturated carbocycles. The Kier molecular flexibility index (Phi) is 4.53. The maximum Gasteiger partial charge on any atom is 0.320 e. The number of aryl methyl sites for hydroxylation is 1. The summed E-state index contributed by atoms with van der Waals surface area (Å²) in [6, 6.07) is 4.23. The van der Waals surface area contributed by atoms with Gasteiger partial charge in [-0.2, -0.15) is 0 Å². The summed E-state index contributed by atoms with van der Waals surface area (Å²) in [4.78, 5) is 11.2. The van der Waals surface area contributed by atoms with Crippen molar-refractivity contribution < 1.29 is 14.3 Å². The lowest BCUT2D eigenvalue weighted by molar-refractivity contribution is -0.140. The van der Waals surface area contributed by atoms with Gasteiger partial charge in [-0.1, -0.05) is 19.4 Å². The number of benzene rings is 1. The number of halogens is 1. The molecule has 0 aliphatic heterocycles. The average molecular weight is 265 g/mol. The van der Waals surface area contributed by atoms with Crippen LogP contribution in [-0.4, -0.2) is 17.1 Å². The number of fused-ring (bicyclic) bond motifs is 1. The van der Waals surface area contributed by atoms with Gasteiger partial charge in [0.25, 0.3) is 0 Å². The second kappa shape index (κ2) is 6.15. The first-order valence-electron chi connectivity index (χ1n) is 6.89. The molecule has 1 aromatic carbocycles. The van der Waals surface area contributed by atoms with E-state index in [0.29, 0.717) is 6.42 Å². The molecule has 1 aromatic rings. The fourth-order valence-electron chi connectivity index (χ4n) is 2.75. The Morgan fingerprint density at radius 1 is 1.58 bits per heavy atom. The Hall–Kier alpha value is -1.42. The third-order valence-corrected chi connectivity index (χ3v) is 3.70. The van der Waals surface area contributed by atoms with Gasteiger partial charge in [0.15, 0.2) is 0 Å². The highest BCUT2D eigenvalue weighted by atomic mass is 19.1. The predicted molar refractivity (Wildman–Crippen MR) is 71.5 cm³/mol. The fraction of sp³-hybridized carbons (Fsp3) is 0.533. The molecule has 0 unspecified atom stereocenters. The molecular formula is C15H20FNO2. The number of carboxylic acids is 1. The number of aliphatic carboxylic acids is 1. The quantitative estimate of drug-likeness (QED) is 0.860. The first-order chi connectivity index (χ1) is 9.11. The van der Waals surface area contributed by atoms with Gasteiger partial charge in [-0.25, -0.2) is 4.39 Å². The van der Waals surface area contributed by atoms with Gasteiger partial charge in [-0.3, -0.25) is 10.1 Å². The summed E-state index contributed by atoms with van der Waals surface area (Å²) in [7, 11) is 0. The highest BCUT2D eigenvalue weighted by molar-refractivity contribution is 5.73. The molecule has 0 amide bonds. The van der Waals surface area contributed by atoms with Gasteiger partial charge >= 0.3 is 5.97 Å². The van der Waals surface area contributed by atoms with E-state index in [9.17, 15) is 14.3 Å². The van der Waals surface area contributed by atoms with Crippen LogP contribution in [0.3, 0.4) is 0 Å². The minimum atomic E-state index is -0.828. The smallest absolute Gasteiger partial charge is 0.320 e. The lowest BCUT2D eigenvalue weighted by Crippen LogP contribution is -2.40. The van der Waals surface area contributed by atoms with Crippen LogP contribution in [0, 0.1) is 5.82 Å². The Bertz CT molecular complexity index is 461. The lowest BCUT2D eigenvalue weighted by Gasteiger charge is -2.29. The molecule has 2 atom stereocenters. The molecule has 0 bridgehead atoms. The molecule has 104 valence electrons. The summed E-state index contributed by atoms with van der Waals surface area (Å²) in [5.74, 6) is -1.08. The largest absolute Gasteiger partial charge is 0.480 e. The summed E-state index contributed by atoms with van der Waals surface area (Å²) in [5.41, 5.74) is 2.05. The predicted octanol–water partition coefficient (Wildman–Crippen LogP) is 3.05. The zero-order valence-corrected chi connectivity index (χ0v) is 11.2. The maximum absolute atomic E-state index is 13.4. The van der Waals surface area contributed by atoms with Crippen molar-refractivity contribution in [3.63, 3.8) is 0 Å². The van der Waals surface area contributed by atoms with Gasteiger partial charge in [0.2, 0.25) is 0 Å². The van der Waals surface area contributed by atoms with E-state index in [2.05, 4.69) is 5.32 Å². The van der Waals surface area contributed by atoms with Crippen molar-refractivity contribution in [2.75, 3.05) is 0 Å². The van der Waals surface area contributed by atoms with Crippen LogP contribution in [-0.2, 0) is 11.2 Å². The van der Waals surface area contributed by atoms with E-state index in [0.717, 1.165) is 36.8 Å². The molecule has 0 saturated heterocycles. The molecule has 1 aliphatic rings. The Morgan fingerprint density at radius 2 is 2.37 bits per heavy atom. The summed E-state index contributed by atoms with van der Waals surface area (Å²) in [5, 5.41) is 12.4. The van der Waals surface area contributed by atoms with Gasteiger partial charge < -0.3 is 5.11 Å². The molecule has 2 rings (SSSR count). The second-order valence-corrected chi connectivity index (χ2v) is 5.13. The number of rotatable bonds is 5. The van der Waals surface area contributed by atoms with Crippen LogP contribution in [0.2, 0.25) is 0 Å². The van der Waals surface area contributed by atoms with E-state index in [-0.39, 0.29) is 11.9 Å². The molecule has 0 heterocycles. The van der Waals surface area contributed by atoms with E-state index >= 15 is 0 Å². The highest BCUT2D eigenvalue weighted by Gasteiger charge is 2.25. The molecule has 2 N–H and O–H groups in total. The Labute approximate surface area is 112 Å². The van der Waals surface area contributed by atoms with Gasteiger partial charge in [-0.15, -0.1) is 0 Å². The molecular weight excluding hydrogens is 245 g/mol. The molecule has 0 spiro atoms. The normalized spacial score (nSPS) is 19.8. The summed E-state index contributed by atoms with van der Waals surface area (Å²) in [6.07, 6.45) is 4.22. The van der Waals surface area contributed by atoms with E-state index in [1.54, 1.807) is 0 Å². The van der Waals surface area contributed by atoms with Crippen molar-refractivity contribution in [3.05, 3.63) is 35.1 Å². The minimum Gasteiger partial charge on any atom is -0.480 e. The number of carbonyl (C=O) groups is 1. The van der Waals surface area contributed by atoms with Gasteiger partial charge in [-0.05, 0) is 48.9 Å². The van der Waals surface area contributed by atoms with Crippen LogP contribution in [0.25, 0.3) is 0 Å². The molecule has 4 heteroatoms. The lowest BCUT2D eigenvalue weighted by atomic mass is 9.87. The van der Waals surface area contributed by atoms with Crippen LogP contribution in [0.1, 0.15) is 49.8 Å². The average Bonchev–Trinajstić information content (AvgIpc) is 2.38. The first-order valence-corrected chi connectivity index (χ1v) is 6.89. The summed E-state index contributed by atoms with van der Waals surface area (Å²) < 4.78 is 13.4. The third-order valence-electron chi connectivity index (χ3n) is 3.70. The van der Waals surface area contributed by atoms with Crippen molar-refractivity contribution in [2.24, 2.45) is 0 Å². The van der Waals surface area contributed by atoms with Crippen LogP contribution >= 0.6 is 0 Å². The van der Waals surface area contributed by atoms with E-state index in [4.69, 9.17) is 0 Å². The van der Waals surface area contributed by atoms with Crippen molar-refractivity contribution in [2.45, 2.75) is 51.1 Å². The summed E-state index contributed by atoms with van der Waals surface area (Å²) in [6.45, 7) is 1.96. The molecule has 3 nitrogen and oxygen atoms in total. The van der Waals surface area contributed by atoms with Crippen molar-refractivity contribution in [1.82, 2.24) is 5.32 Å². The second-order valence-electron chi connectivity index (χ2n) is 5.13. The van der Waals surface area contributed by atoms with Crippen molar-refractivity contribution >= 4 is 5.97 Å². The van der Waals surface area contributed by atoms with E-state index < -0.39 is 12.0 Å². The van der Waals surface area contributed by atoms with Crippen LogP contribution in [0.4, 0.5) is 4.39 Å². The number of hydrogen-bond acceptors (Lipinski definition) is 2. The minimum absolute atomic E-state index is 0.0490. The number of hydrogen-bond donors (Lipinski definition) is 2. The number of carboxylic acid groups (broad SMARTS) is 1. The summed E-state index contributed by atoms with van der Waals surface area (Å²) >= 11 is 0. The van der Waals surface area contributed by atoms with Gasteiger partial charge in [0.1, 0.15) is 11.9 Å². The molecule has 0 fully saturated rings. The Morgan fingerprint density at radius 3 is 3.05 bits per heavy atom. The van der Waals surface area contributed by atoms with E-state index in [1.807, 2.05) is 13.0 Å². The topological polar surface area (TPSA) is 49.3 Å². The Balaban J connectivity index is 2.18. The molecule has 1 aliphatic carbocycles. The molecule has 0 aromatic heterocycles. The van der Waals surface area contributed by atoms with Crippen molar-refractivity contribution in [3.8, 4) is 0 Å². The van der Waals surface area contributed by atoms with Gasteiger partial charge in [0, 0.05) is 6.04 Å². The van der Waals surface area contributed by atoms with Crippen LogP contribution < -0.4 is 5.32 Å². The standard InChI is InChI=1S/C15H20FNO2/c1-2-4-14(15(18)19)17-13-6-3-5-10-7-8-11(16)9-12(10)13/h7-9,13-14,17H,2-6H2,1H3,(H,18,19)/t13-,14-/m1/s1. The molecule has 19 heavy (non-hydrogen) atoms. The van der Waals surface area contributed by atoms with Gasteiger partial charge in [0.05, 0.1) is 0 Å². The van der Waals surface area contributed by atoms with Crippen LogP contribution in [0.15, 0.2) is 18.2 Å². The first kappa shape index (κ1) is 14.0. The molecule has 0 radical (unpaired) electrons. The maximum atomic E-state index is 13.4. The van der Waals surface area contributed by atoms with Crippen LogP contribution in [0.5, 0.6) is 0 Å².